The van der Waals surface area contributed by atoms with Crippen LogP contribution in [-0.4, -0.2) is 30.3 Å². The number of hydrogen-bond donors (Lipinski definition) is 0. The molecule has 0 heterocycles. The zero-order valence-corrected chi connectivity index (χ0v) is 26.4. The van der Waals surface area contributed by atoms with Gasteiger partial charge in [-0.25, -0.2) is 0 Å². The maximum absolute atomic E-state index is 13.5. The number of carbonyl (C=O) groups excluding carboxylic acids is 1. The standard InChI is InChI=1S/C36H52BrNO/c1-3-5-7-9-11-13-15-19-25-38(26-20-16-14-12-10-8-6-4-2)29-36(39)31-24-23-30-28-35(37)33-22-18-17-21-32(33)34(30)27-31/h17-18,21-24,27-28H,3-16,19-20,25-26,29H2,1-2H3. The minimum absolute atomic E-state index is 0.253. The molecule has 3 rings (SSSR count). The van der Waals surface area contributed by atoms with E-state index in [2.05, 4.69) is 77.1 Å². The van der Waals surface area contributed by atoms with Gasteiger partial charge in [-0.05, 0) is 59.6 Å². The Morgan fingerprint density at radius 3 is 1.69 bits per heavy atom. The summed E-state index contributed by atoms with van der Waals surface area (Å²) in [6, 6.07) is 16.9. The number of ketones is 1. The number of halogens is 1. The SMILES string of the molecule is CCCCCCCCCCN(CCCCCCCCCC)CC(=O)c1ccc2cc(Br)c3ccccc3c2c1. The Morgan fingerprint density at radius 1 is 0.615 bits per heavy atom. The van der Waals surface area contributed by atoms with Crippen LogP contribution in [-0.2, 0) is 0 Å². The van der Waals surface area contributed by atoms with E-state index in [0.29, 0.717) is 6.54 Å². The van der Waals surface area contributed by atoms with Gasteiger partial charge in [0.05, 0.1) is 6.54 Å². The third kappa shape index (κ3) is 11.0. The molecular weight excluding hydrogens is 542 g/mol. The van der Waals surface area contributed by atoms with E-state index < -0.39 is 0 Å². The number of Topliss-reactive ketones (excluding diaryl/α,β-unsaturated/α-hetero) is 1. The molecule has 0 amide bonds. The van der Waals surface area contributed by atoms with Gasteiger partial charge in [0.25, 0.3) is 0 Å². The minimum atomic E-state index is 0.253. The molecule has 0 aliphatic rings. The van der Waals surface area contributed by atoms with Gasteiger partial charge in [0.1, 0.15) is 0 Å². The van der Waals surface area contributed by atoms with E-state index in [9.17, 15) is 4.79 Å². The first-order valence-corrected chi connectivity index (χ1v) is 16.8. The van der Waals surface area contributed by atoms with Gasteiger partial charge in [-0.2, -0.15) is 0 Å². The Balaban J connectivity index is 1.57. The van der Waals surface area contributed by atoms with Gasteiger partial charge in [-0.15, -0.1) is 0 Å². The summed E-state index contributed by atoms with van der Waals surface area (Å²) in [6.45, 7) is 7.18. The maximum Gasteiger partial charge on any atom is 0.176 e. The molecule has 0 atom stereocenters. The third-order valence-electron chi connectivity index (χ3n) is 8.16. The molecule has 2 nitrogen and oxygen atoms in total. The van der Waals surface area contributed by atoms with Crippen molar-refractivity contribution in [2.45, 2.75) is 117 Å². The summed E-state index contributed by atoms with van der Waals surface area (Å²) < 4.78 is 1.10. The van der Waals surface area contributed by atoms with Gasteiger partial charge in [0.15, 0.2) is 5.78 Å². The van der Waals surface area contributed by atoms with Crippen LogP contribution in [0.1, 0.15) is 127 Å². The summed E-state index contributed by atoms with van der Waals surface area (Å²) in [6.07, 6.45) is 21.2. The summed E-state index contributed by atoms with van der Waals surface area (Å²) in [5, 5.41) is 4.73. The molecule has 214 valence electrons. The number of unbranched alkanes of at least 4 members (excludes halogenated alkanes) is 14. The monoisotopic (exact) mass is 593 g/mol. The van der Waals surface area contributed by atoms with Gasteiger partial charge < -0.3 is 0 Å². The van der Waals surface area contributed by atoms with Crippen molar-refractivity contribution in [3.05, 3.63) is 58.6 Å². The van der Waals surface area contributed by atoms with Crippen molar-refractivity contribution >= 4 is 43.3 Å². The van der Waals surface area contributed by atoms with E-state index in [1.54, 1.807) is 0 Å². The molecule has 0 N–H and O–H groups in total. The average Bonchev–Trinajstić information content (AvgIpc) is 2.95. The zero-order chi connectivity index (χ0) is 27.7. The van der Waals surface area contributed by atoms with Crippen LogP contribution in [0.15, 0.2) is 53.0 Å². The molecule has 0 saturated heterocycles. The predicted octanol–water partition coefficient (Wildman–Crippen LogP) is 11.5. The van der Waals surface area contributed by atoms with Crippen LogP contribution in [0.5, 0.6) is 0 Å². The highest BCUT2D eigenvalue weighted by molar-refractivity contribution is 9.10. The van der Waals surface area contributed by atoms with E-state index in [1.165, 1.54) is 119 Å². The van der Waals surface area contributed by atoms with E-state index in [0.717, 1.165) is 28.5 Å². The molecule has 0 aliphatic carbocycles. The fourth-order valence-corrected chi connectivity index (χ4v) is 6.32. The highest BCUT2D eigenvalue weighted by Crippen LogP contribution is 2.32. The normalized spacial score (nSPS) is 11.7. The molecule has 0 aliphatic heterocycles. The van der Waals surface area contributed by atoms with Crippen LogP contribution in [0.2, 0.25) is 0 Å². The quantitative estimate of drug-likeness (QED) is 0.0695. The van der Waals surface area contributed by atoms with Crippen molar-refractivity contribution in [2.75, 3.05) is 19.6 Å². The van der Waals surface area contributed by atoms with Crippen molar-refractivity contribution in [1.29, 1.82) is 0 Å². The van der Waals surface area contributed by atoms with Crippen LogP contribution in [0.25, 0.3) is 21.5 Å². The van der Waals surface area contributed by atoms with Gasteiger partial charge in [0.2, 0.25) is 0 Å². The Labute approximate surface area is 247 Å². The largest absolute Gasteiger partial charge is 0.296 e. The Hall–Kier alpha value is -1.71. The van der Waals surface area contributed by atoms with Crippen LogP contribution in [0.3, 0.4) is 0 Å². The summed E-state index contributed by atoms with van der Waals surface area (Å²) in [5.41, 5.74) is 0.840. The molecule has 3 aromatic rings. The molecule has 0 spiro atoms. The molecule has 0 saturated carbocycles. The topological polar surface area (TPSA) is 20.3 Å². The molecule has 0 fully saturated rings. The van der Waals surface area contributed by atoms with Gasteiger partial charge in [-0.3, -0.25) is 9.69 Å². The van der Waals surface area contributed by atoms with Crippen molar-refractivity contribution in [1.82, 2.24) is 4.90 Å². The lowest BCUT2D eigenvalue weighted by atomic mass is 9.98. The molecular formula is C36H52BrNO. The minimum Gasteiger partial charge on any atom is -0.296 e. The van der Waals surface area contributed by atoms with Gasteiger partial charge in [0, 0.05) is 10.0 Å². The Kier molecular flexibility index (Phi) is 15.2. The van der Waals surface area contributed by atoms with Gasteiger partial charge in [-0.1, -0.05) is 156 Å². The molecule has 3 aromatic carbocycles. The predicted molar refractivity (Wildman–Crippen MR) is 175 cm³/mol. The zero-order valence-electron chi connectivity index (χ0n) is 24.8. The number of benzene rings is 3. The average molecular weight is 595 g/mol. The lowest BCUT2D eigenvalue weighted by Gasteiger charge is -2.22. The van der Waals surface area contributed by atoms with Crippen LogP contribution >= 0.6 is 15.9 Å². The first-order valence-electron chi connectivity index (χ1n) is 16.0. The highest BCUT2D eigenvalue weighted by Gasteiger charge is 2.14. The van der Waals surface area contributed by atoms with E-state index >= 15 is 0 Å². The molecule has 0 unspecified atom stereocenters. The van der Waals surface area contributed by atoms with Crippen molar-refractivity contribution < 1.29 is 4.79 Å². The molecule has 0 radical (unpaired) electrons. The van der Waals surface area contributed by atoms with E-state index in [1.807, 2.05) is 6.07 Å². The second kappa shape index (κ2) is 18.6. The van der Waals surface area contributed by atoms with E-state index in [4.69, 9.17) is 0 Å². The highest BCUT2D eigenvalue weighted by atomic mass is 79.9. The number of hydrogen-bond acceptors (Lipinski definition) is 2. The summed E-state index contributed by atoms with van der Waals surface area (Å²) >= 11 is 3.73. The summed E-state index contributed by atoms with van der Waals surface area (Å²) in [7, 11) is 0. The first kappa shape index (κ1) is 31.8. The van der Waals surface area contributed by atoms with Crippen molar-refractivity contribution in [3.8, 4) is 0 Å². The van der Waals surface area contributed by atoms with E-state index in [-0.39, 0.29) is 5.78 Å². The van der Waals surface area contributed by atoms with Crippen molar-refractivity contribution in [3.63, 3.8) is 0 Å². The van der Waals surface area contributed by atoms with Crippen LogP contribution < -0.4 is 0 Å². The number of rotatable bonds is 21. The Bertz CT molecular complexity index is 1100. The second-order valence-electron chi connectivity index (χ2n) is 11.5. The smallest absolute Gasteiger partial charge is 0.176 e. The Morgan fingerprint density at radius 2 is 1.13 bits per heavy atom. The van der Waals surface area contributed by atoms with Crippen molar-refractivity contribution in [2.24, 2.45) is 0 Å². The van der Waals surface area contributed by atoms with Crippen LogP contribution in [0.4, 0.5) is 0 Å². The lowest BCUT2D eigenvalue weighted by Crippen LogP contribution is -2.32. The maximum atomic E-state index is 13.5. The van der Waals surface area contributed by atoms with Gasteiger partial charge >= 0.3 is 0 Å². The molecule has 0 bridgehead atoms. The van der Waals surface area contributed by atoms with Crippen LogP contribution in [0, 0.1) is 0 Å². The number of fused-ring (bicyclic) bond motifs is 3. The molecule has 39 heavy (non-hydrogen) atoms. The first-order chi connectivity index (χ1) is 19.1. The molecule has 0 aromatic heterocycles. The third-order valence-corrected chi connectivity index (χ3v) is 8.81. The fraction of sp³-hybridized carbons (Fsp3) is 0.583. The molecule has 3 heteroatoms. The number of carbonyl (C=O) groups is 1. The number of nitrogens with zero attached hydrogens (tertiary/aromatic N) is 1. The lowest BCUT2D eigenvalue weighted by molar-refractivity contribution is 0.0927. The fourth-order valence-electron chi connectivity index (χ4n) is 5.73. The summed E-state index contributed by atoms with van der Waals surface area (Å²) in [4.78, 5) is 16.0. The summed E-state index contributed by atoms with van der Waals surface area (Å²) in [5.74, 6) is 0.253. The second-order valence-corrected chi connectivity index (χ2v) is 12.3.